The predicted octanol–water partition coefficient (Wildman–Crippen LogP) is 1.92. The lowest BCUT2D eigenvalue weighted by molar-refractivity contribution is -0.164. The maximum atomic E-state index is 12.8. The Morgan fingerprint density at radius 2 is 2.05 bits per heavy atom. The van der Waals surface area contributed by atoms with Gasteiger partial charge in [-0.3, -0.25) is 4.79 Å². The monoisotopic (exact) mass is 268 g/mol. The topological polar surface area (TPSA) is 55.6 Å². The van der Waals surface area contributed by atoms with Gasteiger partial charge in [-0.1, -0.05) is 19.8 Å². The largest absolute Gasteiger partial charge is 0.369 e. The van der Waals surface area contributed by atoms with E-state index in [1.54, 1.807) is 0 Å². The van der Waals surface area contributed by atoms with Crippen molar-refractivity contribution in [2.24, 2.45) is 11.7 Å². The van der Waals surface area contributed by atoms with Gasteiger partial charge in [0.25, 0.3) is 0 Å². The third-order valence-electron chi connectivity index (χ3n) is 4.32. The van der Waals surface area contributed by atoms with Gasteiger partial charge >= 0.3 is 0 Å². The van der Waals surface area contributed by atoms with Crippen LogP contribution in [0.1, 0.15) is 53.4 Å². The number of morpholine rings is 1. The van der Waals surface area contributed by atoms with E-state index in [-0.39, 0.29) is 17.6 Å². The summed E-state index contributed by atoms with van der Waals surface area (Å²) in [5.74, 6) is 0.677. The molecule has 3 atom stereocenters. The van der Waals surface area contributed by atoms with Crippen LogP contribution in [0.25, 0.3) is 0 Å². The molecular weight excluding hydrogens is 240 g/mol. The van der Waals surface area contributed by atoms with Crippen LogP contribution in [0, 0.1) is 5.92 Å². The van der Waals surface area contributed by atoms with Crippen LogP contribution in [0.15, 0.2) is 0 Å². The molecule has 0 bridgehead atoms. The number of carbonyl (C=O) groups excluding carboxylic acids is 1. The van der Waals surface area contributed by atoms with Gasteiger partial charge in [-0.2, -0.15) is 0 Å². The standard InChI is InChI=1S/C15H28N2O2/c1-11-6-5-7-15(16,8-11)13(18)17-9-12(2)19-14(3,4)10-17/h11-12H,5-10,16H2,1-4H3. The maximum absolute atomic E-state index is 12.8. The fourth-order valence-corrected chi connectivity index (χ4v) is 3.71. The van der Waals surface area contributed by atoms with Crippen molar-refractivity contribution in [1.82, 2.24) is 4.90 Å². The van der Waals surface area contributed by atoms with Gasteiger partial charge in [0.05, 0.1) is 17.2 Å². The first-order chi connectivity index (χ1) is 8.72. The van der Waals surface area contributed by atoms with Gasteiger partial charge < -0.3 is 15.4 Å². The van der Waals surface area contributed by atoms with Crippen molar-refractivity contribution < 1.29 is 9.53 Å². The zero-order valence-electron chi connectivity index (χ0n) is 12.7. The van der Waals surface area contributed by atoms with Crippen molar-refractivity contribution in [3.8, 4) is 0 Å². The van der Waals surface area contributed by atoms with Gasteiger partial charge in [0, 0.05) is 13.1 Å². The highest BCUT2D eigenvalue weighted by molar-refractivity contribution is 5.86. The van der Waals surface area contributed by atoms with Gasteiger partial charge in [-0.15, -0.1) is 0 Å². The fraction of sp³-hybridized carbons (Fsp3) is 0.933. The zero-order valence-corrected chi connectivity index (χ0v) is 12.7. The SMILES string of the molecule is CC1CCCC(N)(C(=O)N2CC(C)OC(C)(C)C2)C1. The lowest BCUT2D eigenvalue weighted by Crippen LogP contribution is -2.63. The number of hydrogen-bond acceptors (Lipinski definition) is 3. The highest BCUT2D eigenvalue weighted by Gasteiger charge is 2.43. The average molecular weight is 268 g/mol. The number of nitrogens with two attached hydrogens (primary N) is 1. The Morgan fingerprint density at radius 1 is 1.37 bits per heavy atom. The van der Waals surface area contributed by atoms with Crippen LogP contribution in [0.4, 0.5) is 0 Å². The molecule has 0 aromatic heterocycles. The third kappa shape index (κ3) is 3.29. The van der Waals surface area contributed by atoms with E-state index in [2.05, 4.69) is 6.92 Å². The second-order valence-corrected chi connectivity index (χ2v) is 7.23. The first-order valence-corrected chi connectivity index (χ1v) is 7.48. The fourth-order valence-electron chi connectivity index (χ4n) is 3.71. The molecule has 3 unspecified atom stereocenters. The number of rotatable bonds is 1. The van der Waals surface area contributed by atoms with Gasteiger partial charge in [0.2, 0.25) is 5.91 Å². The summed E-state index contributed by atoms with van der Waals surface area (Å²) in [4.78, 5) is 14.7. The molecule has 4 heteroatoms. The number of carbonyl (C=O) groups is 1. The third-order valence-corrected chi connectivity index (χ3v) is 4.32. The highest BCUT2D eigenvalue weighted by atomic mass is 16.5. The minimum atomic E-state index is -0.648. The molecule has 1 aliphatic carbocycles. The quantitative estimate of drug-likeness (QED) is 0.790. The molecule has 19 heavy (non-hydrogen) atoms. The second kappa shape index (κ2) is 5.06. The first-order valence-electron chi connectivity index (χ1n) is 7.48. The minimum absolute atomic E-state index is 0.0808. The summed E-state index contributed by atoms with van der Waals surface area (Å²) in [5, 5.41) is 0. The van der Waals surface area contributed by atoms with E-state index < -0.39 is 5.54 Å². The molecule has 1 heterocycles. The Balaban J connectivity index is 2.10. The Kier molecular flexibility index (Phi) is 3.94. The molecule has 2 fully saturated rings. The van der Waals surface area contributed by atoms with Crippen LogP contribution < -0.4 is 5.73 Å². The van der Waals surface area contributed by atoms with Crippen LogP contribution in [0.3, 0.4) is 0 Å². The van der Waals surface area contributed by atoms with Crippen molar-refractivity contribution in [2.45, 2.75) is 70.6 Å². The molecule has 0 spiro atoms. The predicted molar refractivity (Wildman–Crippen MR) is 75.8 cm³/mol. The summed E-state index contributed by atoms with van der Waals surface area (Å²) in [7, 11) is 0. The minimum Gasteiger partial charge on any atom is -0.369 e. The van der Waals surface area contributed by atoms with Gasteiger partial charge in [0.15, 0.2) is 0 Å². The van der Waals surface area contributed by atoms with Crippen molar-refractivity contribution in [2.75, 3.05) is 13.1 Å². The Bertz CT molecular complexity index is 356. The molecular formula is C15H28N2O2. The van der Waals surface area contributed by atoms with E-state index in [4.69, 9.17) is 10.5 Å². The smallest absolute Gasteiger partial charge is 0.242 e. The summed E-state index contributed by atoms with van der Waals surface area (Å²) >= 11 is 0. The van der Waals surface area contributed by atoms with Crippen molar-refractivity contribution in [3.63, 3.8) is 0 Å². The van der Waals surface area contributed by atoms with E-state index in [0.717, 1.165) is 19.3 Å². The van der Waals surface area contributed by atoms with Crippen LogP contribution in [-0.2, 0) is 9.53 Å². The van der Waals surface area contributed by atoms with Crippen molar-refractivity contribution in [3.05, 3.63) is 0 Å². The summed E-state index contributed by atoms with van der Waals surface area (Å²) in [6.45, 7) is 9.60. The molecule has 0 radical (unpaired) electrons. The van der Waals surface area contributed by atoms with E-state index in [9.17, 15) is 4.79 Å². The summed E-state index contributed by atoms with van der Waals surface area (Å²) < 4.78 is 5.86. The average Bonchev–Trinajstić information content (AvgIpc) is 2.24. The molecule has 1 saturated carbocycles. The molecule has 2 aliphatic rings. The first kappa shape index (κ1) is 14.8. The highest BCUT2D eigenvalue weighted by Crippen LogP contribution is 2.33. The molecule has 110 valence electrons. The number of ether oxygens (including phenoxy) is 1. The van der Waals surface area contributed by atoms with Gasteiger partial charge in [0.1, 0.15) is 0 Å². The van der Waals surface area contributed by atoms with Crippen LogP contribution >= 0.6 is 0 Å². The Hall–Kier alpha value is -0.610. The molecule has 1 saturated heterocycles. The number of hydrogen-bond donors (Lipinski definition) is 1. The van der Waals surface area contributed by atoms with Crippen LogP contribution in [0.5, 0.6) is 0 Å². The molecule has 2 N–H and O–H groups in total. The van der Waals surface area contributed by atoms with Crippen LogP contribution in [-0.4, -0.2) is 41.1 Å². The van der Waals surface area contributed by atoms with Gasteiger partial charge in [-0.05, 0) is 39.5 Å². The lowest BCUT2D eigenvalue weighted by Gasteiger charge is -2.46. The normalized spacial score (nSPS) is 39.1. The zero-order chi connectivity index (χ0) is 14.3. The van der Waals surface area contributed by atoms with E-state index in [1.165, 1.54) is 6.42 Å². The summed E-state index contributed by atoms with van der Waals surface area (Å²) in [6.07, 6.45) is 3.97. The summed E-state index contributed by atoms with van der Waals surface area (Å²) in [6, 6.07) is 0. The summed E-state index contributed by atoms with van der Waals surface area (Å²) in [5.41, 5.74) is 5.50. The molecule has 4 nitrogen and oxygen atoms in total. The Morgan fingerprint density at radius 3 is 2.63 bits per heavy atom. The Labute approximate surface area is 116 Å². The molecule has 0 aromatic carbocycles. The lowest BCUT2D eigenvalue weighted by atomic mass is 9.76. The van der Waals surface area contributed by atoms with E-state index in [1.807, 2.05) is 25.7 Å². The van der Waals surface area contributed by atoms with Gasteiger partial charge in [-0.25, -0.2) is 0 Å². The van der Waals surface area contributed by atoms with Crippen LogP contribution in [0.2, 0.25) is 0 Å². The van der Waals surface area contributed by atoms with Crippen molar-refractivity contribution >= 4 is 5.91 Å². The number of nitrogens with zero attached hydrogens (tertiary/aromatic N) is 1. The molecule has 2 rings (SSSR count). The van der Waals surface area contributed by atoms with Crippen molar-refractivity contribution in [1.29, 1.82) is 0 Å². The maximum Gasteiger partial charge on any atom is 0.242 e. The van der Waals surface area contributed by atoms with E-state index >= 15 is 0 Å². The molecule has 1 amide bonds. The second-order valence-electron chi connectivity index (χ2n) is 7.23. The number of amides is 1. The van der Waals surface area contributed by atoms with E-state index in [0.29, 0.717) is 19.0 Å². The molecule has 0 aromatic rings. The molecule has 1 aliphatic heterocycles.